The second-order valence-electron chi connectivity index (χ2n) is 11.9. The molecule has 0 aliphatic carbocycles. The molecule has 0 spiro atoms. The first-order chi connectivity index (χ1) is 15.6. The molecule has 0 aromatic carbocycles. The van der Waals surface area contributed by atoms with Crippen LogP contribution in [0.1, 0.15) is 101 Å². The molecule has 0 saturated carbocycles. The Labute approximate surface area is 211 Å². The summed E-state index contributed by atoms with van der Waals surface area (Å²) in [4.78, 5) is 37.9. The van der Waals surface area contributed by atoms with E-state index < -0.39 is 52.6 Å². The van der Waals surface area contributed by atoms with Gasteiger partial charge in [0.15, 0.2) is 5.79 Å². The van der Waals surface area contributed by atoms with Crippen molar-refractivity contribution in [2.24, 2.45) is 5.73 Å². The quantitative estimate of drug-likeness (QED) is 0.180. The minimum Gasteiger partial charge on any atom is -0.460 e. The van der Waals surface area contributed by atoms with E-state index in [9.17, 15) is 19.5 Å². The van der Waals surface area contributed by atoms with Crippen molar-refractivity contribution in [1.29, 1.82) is 0 Å². The Morgan fingerprint density at radius 1 is 0.800 bits per heavy atom. The molecule has 0 heterocycles. The molecule has 3 atom stereocenters. The van der Waals surface area contributed by atoms with Gasteiger partial charge in [-0.3, -0.25) is 4.79 Å². The van der Waals surface area contributed by atoms with Crippen molar-refractivity contribution < 1.29 is 33.7 Å². The second kappa shape index (κ2) is 13.4. The van der Waals surface area contributed by atoms with Gasteiger partial charge in [0.1, 0.15) is 17.2 Å². The number of esters is 2. The Bertz CT molecular complexity index is 689. The van der Waals surface area contributed by atoms with E-state index >= 15 is 0 Å². The summed E-state index contributed by atoms with van der Waals surface area (Å²) in [5.41, 5.74) is 3.45. The van der Waals surface area contributed by atoms with Gasteiger partial charge in [0.05, 0.1) is 11.6 Å². The van der Waals surface area contributed by atoms with Gasteiger partial charge < -0.3 is 35.7 Å². The molecule has 0 aliphatic heterocycles. The molecule has 2 amide bonds. The van der Waals surface area contributed by atoms with E-state index in [2.05, 4.69) is 10.6 Å². The number of aliphatic hydroxyl groups is 1. The fraction of sp³-hybridized carbons (Fsp3) is 0.880. The van der Waals surface area contributed by atoms with Gasteiger partial charge in [-0.2, -0.15) is 0 Å². The molecular weight excluding hydrogens is 454 g/mol. The highest BCUT2D eigenvalue weighted by atomic mass is 16.6. The van der Waals surface area contributed by atoms with Crippen LogP contribution in [0.4, 0.5) is 4.79 Å². The highest BCUT2D eigenvalue weighted by Crippen LogP contribution is 2.24. The van der Waals surface area contributed by atoms with Crippen LogP contribution in [0.5, 0.6) is 0 Å². The van der Waals surface area contributed by atoms with Crippen LogP contribution < -0.4 is 16.4 Å². The van der Waals surface area contributed by atoms with Gasteiger partial charge in [-0.25, -0.2) is 9.59 Å². The van der Waals surface area contributed by atoms with Crippen LogP contribution in [0.25, 0.3) is 0 Å². The number of amides is 2. The molecule has 0 bridgehead atoms. The number of rotatable bonds is 12. The molecule has 0 radical (unpaired) electrons. The molecule has 0 saturated heterocycles. The first kappa shape index (κ1) is 33.1. The predicted molar refractivity (Wildman–Crippen MR) is 135 cm³/mol. The van der Waals surface area contributed by atoms with Crippen LogP contribution in [0.3, 0.4) is 0 Å². The highest BCUT2D eigenvalue weighted by Gasteiger charge is 2.39. The molecule has 35 heavy (non-hydrogen) atoms. The summed E-state index contributed by atoms with van der Waals surface area (Å²) in [7, 11) is 0. The van der Waals surface area contributed by atoms with E-state index in [4.69, 9.17) is 19.9 Å². The van der Waals surface area contributed by atoms with Crippen molar-refractivity contribution in [3.05, 3.63) is 0 Å². The van der Waals surface area contributed by atoms with Crippen molar-refractivity contribution >= 4 is 18.0 Å². The number of hydrogen-bond donors (Lipinski definition) is 4. The minimum absolute atomic E-state index is 0.0513. The van der Waals surface area contributed by atoms with E-state index in [0.717, 1.165) is 0 Å². The smallest absolute Gasteiger partial charge is 0.329 e. The van der Waals surface area contributed by atoms with Crippen LogP contribution >= 0.6 is 0 Å². The summed E-state index contributed by atoms with van der Waals surface area (Å²) < 4.78 is 16.6. The predicted octanol–water partition coefficient (Wildman–Crippen LogP) is 3.14. The molecule has 5 N–H and O–H groups in total. The maximum absolute atomic E-state index is 12.9. The molecule has 0 aromatic heterocycles. The number of nitrogens with one attached hydrogen (secondary N) is 2. The molecule has 0 aromatic rings. The Balaban J connectivity index is 5.55. The summed E-state index contributed by atoms with van der Waals surface area (Å²) >= 11 is 0. The number of unbranched alkanes of at least 4 members (excludes halogenated alkanes) is 1. The summed E-state index contributed by atoms with van der Waals surface area (Å²) in [6, 6.07) is -2.57. The number of hydrogen-bond acceptors (Lipinski definition) is 8. The van der Waals surface area contributed by atoms with Gasteiger partial charge in [0.2, 0.25) is 0 Å². The molecule has 1 unspecified atom stereocenters. The van der Waals surface area contributed by atoms with E-state index in [-0.39, 0.29) is 12.8 Å². The van der Waals surface area contributed by atoms with Gasteiger partial charge >= 0.3 is 18.0 Å². The topological polar surface area (TPSA) is 149 Å². The van der Waals surface area contributed by atoms with Gasteiger partial charge in [-0.15, -0.1) is 0 Å². The maximum atomic E-state index is 12.9. The van der Waals surface area contributed by atoms with Gasteiger partial charge in [-0.05, 0) is 101 Å². The van der Waals surface area contributed by atoms with Crippen LogP contribution in [0.15, 0.2) is 0 Å². The molecule has 10 nitrogen and oxygen atoms in total. The van der Waals surface area contributed by atoms with Crippen LogP contribution in [0, 0.1) is 0 Å². The Morgan fingerprint density at radius 2 is 1.34 bits per heavy atom. The number of urea groups is 1. The highest BCUT2D eigenvalue weighted by molar-refractivity contribution is 5.84. The Morgan fingerprint density at radius 3 is 1.80 bits per heavy atom. The van der Waals surface area contributed by atoms with E-state index in [0.29, 0.717) is 25.8 Å². The van der Waals surface area contributed by atoms with Crippen LogP contribution in [0.2, 0.25) is 0 Å². The summed E-state index contributed by atoms with van der Waals surface area (Å²) in [5.74, 6) is -2.84. The summed E-state index contributed by atoms with van der Waals surface area (Å²) in [5, 5.41) is 16.4. The normalized spacial score (nSPS) is 16.0. The zero-order valence-corrected chi connectivity index (χ0v) is 23.4. The number of ether oxygens (including phenoxy) is 3. The van der Waals surface area contributed by atoms with Crippen LogP contribution in [-0.4, -0.2) is 64.3 Å². The van der Waals surface area contributed by atoms with Gasteiger partial charge in [0, 0.05) is 6.42 Å². The number of carbonyl (C=O) groups excluding carboxylic acids is 3. The Kier molecular flexibility index (Phi) is 12.7. The lowest BCUT2D eigenvalue weighted by molar-refractivity contribution is -0.256. The third-order valence-corrected chi connectivity index (χ3v) is 4.47. The minimum atomic E-state index is -1.81. The average molecular weight is 504 g/mol. The molecule has 0 aliphatic rings. The Hall–Kier alpha value is -1.91. The SMILES string of the molecule is CC(C)(C)OC(=O)CC[C@H](NC(=O)N[C@@H](CCCCN)C(=O)OC(C)(C)C)C(C)(O)OC(C)(C)C. The van der Waals surface area contributed by atoms with Crippen molar-refractivity contribution in [3.63, 3.8) is 0 Å². The van der Waals surface area contributed by atoms with E-state index in [1.165, 1.54) is 6.92 Å². The van der Waals surface area contributed by atoms with Crippen molar-refractivity contribution in [3.8, 4) is 0 Å². The molecular formula is C25H49N3O7. The standard InChI is InChI=1S/C25H49N3O7/c1-22(2,3)33-19(29)15-14-18(25(10,32)35-24(7,8)9)28-21(31)27-17(13-11-12-16-26)20(30)34-23(4,5)6/h17-18,32H,11-16,26H2,1-10H3,(H2,27,28,31)/t17-,18-,25?/m0/s1. The van der Waals surface area contributed by atoms with Gasteiger partial charge in [0.25, 0.3) is 0 Å². The monoisotopic (exact) mass is 503 g/mol. The van der Waals surface area contributed by atoms with Crippen LogP contribution in [-0.2, 0) is 23.8 Å². The maximum Gasteiger partial charge on any atom is 0.329 e. The molecule has 206 valence electrons. The van der Waals surface area contributed by atoms with Crippen molar-refractivity contribution in [2.45, 2.75) is 136 Å². The fourth-order valence-electron chi connectivity index (χ4n) is 3.29. The number of carbonyl (C=O) groups is 3. The summed E-state index contributed by atoms with van der Waals surface area (Å²) in [6.07, 6.45) is 1.65. The largest absolute Gasteiger partial charge is 0.460 e. The summed E-state index contributed by atoms with van der Waals surface area (Å²) in [6.45, 7) is 17.7. The first-order valence-electron chi connectivity index (χ1n) is 12.3. The average Bonchev–Trinajstić information content (AvgIpc) is 2.59. The first-order valence-corrected chi connectivity index (χ1v) is 12.3. The molecule has 0 rings (SSSR count). The van der Waals surface area contributed by atoms with E-state index in [1.807, 2.05) is 0 Å². The van der Waals surface area contributed by atoms with Crippen molar-refractivity contribution in [1.82, 2.24) is 10.6 Å². The van der Waals surface area contributed by atoms with Crippen molar-refractivity contribution in [2.75, 3.05) is 6.54 Å². The second-order valence-corrected chi connectivity index (χ2v) is 11.9. The zero-order chi connectivity index (χ0) is 27.7. The van der Waals surface area contributed by atoms with Gasteiger partial charge in [-0.1, -0.05) is 0 Å². The zero-order valence-electron chi connectivity index (χ0n) is 23.4. The molecule has 10 heteroatoms. The lowest BCUT2D eigenvalue weighted by Gasteiger charge is -2.38. The third kappa shape index (κ3) is 16.4. The molecule has 0 fully saturated rings. The number of nitrogens with two attached hydrogens (primary N) is 1. The van der Waals surface area contributed by atoms with E-state index in [1.54, 1.807) is 62.3 Å². The third-order valence-electron chi connectivity index (χ3n) is 4.47. The lowest BCUT2D eigenvalue weighted by Crippen LogP contribution is -2.58. The fourth-order valence-corrected chi connectivity index (χ4v) is 3.29. The lowest BCUT2D eigenvalue weighted by atomic mass is 10.0.